The molecule has 2 aromatic carbocycles. The van der Waals surface area contributed by atoms with Gasteiger partial charge in [0.15, 0.2) is 11.8 Å². The van der Waals surface area contributed by atoms with Crippen molar-refractivity contribution in [1.82, 2.24) is 4.90 Å². The van der Waals surface area contributed by atoms with Crippen molar-refractivity contribution < 1.29 is 23.5 Å². The number of hydrogen-bond acceptors (Lipinski definition) is 7. The molecule has 0 spiro atoms. The molecule has 2 heterocycles. The maximum Gasteiger partial charge on any atom is 0.267 e. The van der Waals surface area contributed by atoms with Crippen molar-refractivity contribution in [1.29, 1.82) is 0 Å². The van der Waals surface area contributed by atoms with Crippen LogP contribution in [0.1, 0.15) is 11.3 Å². The van der Waals surface area contributed by atoms with Gasteiger partial charge in [-0.25, -0.2) is 4.99 Å². The lowest BCUT2D eigenvalue weighted by Gasteiger charge is -2.13. The van der Waals surface area contributed by atoms with Gasteiger partial charge in [0.05, 0.1) is 35.5 Å². The number of furan rings is 1. The van der Waals surface area contributed by atoms with Crippen LogP contribution in [0.3, 0.4) is 0 Å². The summed E-state index contributed by atoms with van der Waals surface area (Å²) in [6, 6.07) is 15.8. The third-order valence-electron chi connectivity index (χ3n) is 4.70. The lowest BCUT2D eigenvalue weighted by Crippen LogP contribution is -2.28. The van der Waals surface area contributed by atoms with Gasteiger partial charge in [-0.1, -0.05) is 17.7 Å². The predicted molar refractivity (Wildman–Crippen MR) is 131 cm³/mol. The normalized spacial score (nSPS) is 15.8. The number of aliphatic imine (C=N–C) groups is 1. The monoisotopic (exact) mass is 497 g/mol. The molecule has 0 unspecified atom stereocenters. The molecule has 2 amide bonds. The van der Waals surface area contributed by atoms with E-state index in [0.29, 0.717) is 43.6 Å². The number of carbonyl (C=O) groups excluding carboxylic acids is 2. The van der Waals surface area contributed by atoms with Gasteiger partial charge in [0.2, 0.25) is 0 Å². The van der Waals surface area contributed by atoms with E-state index in [2.05, 4.69) is 4.99 Å². The first-order valence-electron chi connectivity index (χ1n) is 10.1. The van der Waals surface area contributed by atoms with Crippen molar-refractivity contribution in [2.45, 2.75) is 6.54 Å². The fourth-order valence-electron chi connectivity index (χ4n) is 3.08. The summed E-state index contributed by atoms with van der Waals surface area (Å²) >= 11 is 7.52. The highest BCUT2D eigenvalue weighted by Gasteiger charge is 2.34. The first-order valence-corrected chi connectivity index (χ1v) is 11.3. The highest BCUT2D eigenvalue weighted by Crippen LogP contribution is 2.36. The van der Waals surface area contributed by atoms with E-state index in [1.165, 1.54) is 11.8 Å². The van der Waals surface area contributed by atoms with E-state index in [4.69, 9.17) is 31.2 Å². The SMILES string of the molecule is COc1ccc(N=C2SC(=Cc3ccc(OCC(N)=O)c(Cl)c3)C(=O)N2Cc2ccco2)cc1. The lowest BCUT2D eigenvalue weighted by molar-refractivity contribution is -0.123. The van der Waals surface area contributed by atoms with E-state index >= 15 is 0 Å². The summed E-state index contributed by atoms with van der Waals surface area (Å²) in [5.74, 6) is 0.868. The number of nitrogens with zero attached hydrogens (tertiary/aromatic N) is 2. The third-order valence-corrected chi connectivity index (χ3v) is 6.00. The number of nitrogens with two attached hydrogens (primary N) is 1. The molecular weight excluding hydrogens is 478 g/mol. The number of rotatable bonds is 8. The highest BCUT2D eigenvalue weighted by atomic mass is 35.5. The summed E-state index contributed by atoms with van der Waals surface area (Å²) in [6.07, 6.45) is 3.28. The molecule has 34 heavy (non-hydrogen) atoms. The number of amides is 2. The van der Waals surface area contributed by atoms with Crippen molar-refractivity contribution in [3.63, 3.8) is 0 Å². The maximum atomic E-state index is 13.3. The molecule has 10 heteroatoms. The Hall–Kier alpha value is -3.69. The minimum atomic E-state index is -0.601. The second-order valence-electron chi connectivity index (χ2n) is 7.12. The molecule has 174 valence electrons. The van der Waals surface area contributed by atoms with E-state index in [1.807, 2.05) is 12.1 Å². The Morgan fingerprint density at radius 2 is 2.03 bits per heavy atom. The molecule has 4 rings (SSSR count). The van der Waals surface area contributed by atoms with Crippen molar-refractivity contribution in [2.24, 2.45) is 10.7 Å². The minimum absolute atomic E-state index is 0.209. The first kappa shape index (κ1) is 23.5. The van der Waals surface area contributed by atoms with Gasteiger partial charge in [0.25, 0.3) is 11.8 Å². The molecule has 1 fully saturated rings. The molecule has 1 saturated heterocycles. The molecule has 1 aliphatic heterocycles. The smallest absolute Gasteiger partial charge is 0.267 e. The van der Waals surface area contributed by atoms with Crippen LogP contribution in [-0.4, -0.2) is 35.6 Å². The van der Waals surface area contributed by atoms with Crippen LogP contribution < -0.4 is 15.2 Å². The number of ether oxygens (including phenoxy) is 2. The molecule has 0 aliphatic carbocycles. The number of methoxy groups -OCH3 is 1. The predicted octanol–water partition coefficient (Wildman–Crippen LogP) is 4.61. The second-order valence-corrected chi connectivity index (χ2v) is 8.53. The average Bonchev–Trinajstić information content (AvgIpc) is 3.43. The number of halogens is 1. The Morgan fingerprint density at radius 3 is 2.68 bits per heavy atom. The topological polar surface area (TPSA) is 107 Å². The Morgan fingerprint density at radius 1 is 1.24 bits per heavy atom. The molecule has 1 aromatic heterocycles. The first-order chi connectivity index (χ1) is 16.4. The lowest BCUT2D eigenvalue weighted by atomic mass is 10.2. The third kappa shape index (κ3) is 5.62. The zero-order valence-corrected chi connectivity index (χ0v) is 19.6. The Kier molecular flexibility index (Phi) is 7.24. The zero-order valence-electron chi connectivity index (χ0n) is 18.1. The van der Waals surface area contributed by atoms with E-state index in [9.17, 15) is 9.59 Å². The maximum absolute atomic E-state index is 13.3. The van der Waals surface area contributed by atoms with E-state index in [1.54, 1.807) is 66.8 Å². The van der Waals surface area contributed by atoms with Crippen molar-refractivity contribution in [2.75, 3.05) is 13.7 Å². The van der Waals surface area contributed by atoms with Gasteiger partial charge in [-0.3, -0.25) is 14.5 Å². The second kappa shape index (κ2) is 10.5. The number of thioether (sulfide) groups is 1. The van der Waals surface area contributed by atoms with Gasteiger partial charge in [0, 0.05) is 0 Å². The van der Waals surface area contributed by atoms with Crippen LogP contribution >= 0.6 is 23.4 Å². The van der Waals surface area contributed by atoms with Crippen LogP contribution in [0.4, 0.5) is 5.69 Å². The molecule has 1 aliphatic rings. The largest absolute Gasteiger partial charge is 0.497 e. The molecule has 8 nitrogen and oxygen atoms in total. The van der Waals surface area contributed by atoms with Gasteiger partial charge in [-0.15, -0.1) is 0 Å². The fraction of sp³-hybridized carbons (Fsp3) is 0.125. The van der Waals surface area contributed by atoms with Crippen LogP contribution in [0.5, 0.6) is 11.5 Å². The number of amidine groups is 1. The van der Waals surface area contributed by atoms with Crippen LogP contribution in [0.15, 0.2) is 75.2 Å². The number of hydrogen-bond donors (Lipinski definition) is 1. The average molecular weight is 498 g/mol. The van der Waals surface area contributed by atoms with Crippen LogP contribution in [0.2, 0.25) is 5.02 Å². The van der Waals surface area contributed by atoms with Crippen molar-refractivity contribution in [3.05, 3.63) is 82.1 Å². The standard InChI is InChI=1S/C24H20ClN3O5S/c1-31-17-7-5-16(6-8-17)27-24-28(13-18-3-2-10-32-18)23(30)21(34-24)12-15-4-9-20(19(25)11-15)33-14-22(26)29/h2-12H,13-14H2,1H3,(H2,26,29). The number of primary amides is 1. The summed E-state index contributed by atoms with van der Waals surface area (Å²) in [6.45, 7) is -0.0345. The highest BCUT2D eigenvalue weighted by molar-refractivity contribution is 8.18. The Bertz CT molecular complexity index is 1260. The van der Waals surface area contributed by atoms with Crippen molar-refractivity contribution in [3.8, 4) is 11.5 Å². The van der Waals surface area contributed by atoms with E-state index < -0.39 is 5.91 Å². The number of carbonyl (C=O) groups is 2. The minimum Gasteiger partial charge on any atom is -0.497 e. The van der Waals surface area contributed by atoms with Crippen LogP contribution in [-0.2, 0) is 16.1 Å². The van der Waals surface area contributed by atoms with Gasteiger partial charge >= 0.3 is 0 Å². The van der Waals surface area contributed by atoms with Crippen LogP contribution in [0.25, 0.3) is 6.08 Å². The van der Waals surface area contributed by atoms with Gasteiger partial charge in [0.1, 0.15) is 17.3 Å². The summed E-state index contributed by atoms with van der Waals surface area (Å²) in [5.41, 5.74) is 6.47. The molecule has 0 bridgehead atoms. The molecule has 2 N–H and O–H groups in total. The van der Waals surface area contributed by atoms with Gasteiger partial charge in [-0.05, 0) is 71.9 Å². The summed E-state index contributed by atoms with van der Waals surface area (Å²) in [4.78, 5) is 30.9. The summed E-state index contributed by atoms with van der Waals surface area (Å²) < 4.78 is 15.9. The Labute approximate surface area is 205 Å². The van der Waals surface area contributed by atoms with Gasteiger partial charge < -0.3 is 19.6 Å². The van der Waals surface area contributed by atoms with Gasteiger partial charge in [-0.2, -0.15) is 0 Å². The summed E-state index contributed by atoms with van der Waals surface area (Å²) in [5, 5.41) is 0.816. The zero-order chi connectivity index (χ0) is 24.1. The molecule has 0 atom stereocenters. The molecule has 0 saturated carbocycles. The number of benzene rings is 2. The molecule has 0 radical (unpaired) electrons. The van der Waals surface area contributed by atoms with Crippen LogP contribution in [0, 0.1) is 0 Å². The van der Waals surface area contributed by atoms with E-state index in [0.717, 1.165) is 0 Å². The van der Waals surface area contributed by atoms with Crippen molar-refractivity contribution >= 4 is 52.1 Å². The van der Waals surface area contributed by atoms with E-state index in [-0.39, 0.29) is 19.1 Å². The molecular formula is C24H20ClN3O5S. The Balaban J connectivity index is 1.62. The molecule has 3 aromatic rings. The summed E-state index contributed by atoms with van der Waals surface area (Å²) in [7, 11) is 1.59. The quantitative estimate of drug-likeness (QED) is 0.455. The fourth-order valence-corrected chi connectivity index (χ4v) is 4.32.